The van der Waals surface area contributed by atoms with Gasteiger partial charge in [-0.2, -0.15) is 12.6 Å². The summed E-state index contributed by atoms with van der Waals surface area (Å²) in [6.45, 7) is 0. The van der Waals surface area contributed by atoms with Crippen LogP contribution < -0.4 is 0 Å². The molecule has 2 aliphatic rings. The van der Waals surface area contributed by atoms with Crippen molar-refractivity contribution in [1.82, 2.24) is 0 Å². The van der Waals surface area contributed by atoms with Crippen LogP contribution in [0.15, 0.2) is 0 Å². The Hall–Kier alpha value is 0.350. The minimum atomic E-state index is 0.785. The molecule has 64 valence electrons. The fourth-order valence-corrected chi connectivity index (χ4v) is 3.13. The van der Waals surface area contributed by atoms with Gasteiger partial charge in [-0.05, 0) is 24.7 Å². The first-order valence-electron chi connectivity index (χ1n) is 5.07. The van der Waals surface area contributed by atoms with E-state index in [1.165, 1.54) is 44.9 Å². The number of rotatable bonds is 0. The Morgan fingerprint density at radius 1 is 0.727 bits per heavy atom. The highest BCUT2D eigenvalue weighted by atomic mass is 32.1. The van der Waals surface area contributed by atoms with Gasteiger partial charge in [-0.25, -0.2) is 0 Å². The van der Waals surface area contributed by atoms with Gasteiger partial charge < -0.3 is 0 Å². The summed E-state index contributed by atoms with van der Waals surface area (Å²) in [6, 6.07) is 0. The zero-order valence-electron chi connectivity index (χ0n) is 7.13. The third-order valence-corrected chi connectivity index (χ3v) is 4.13. The van der Waals surface area contributed by atoms with Crippen molar-refractivity contribution < 1.29 is 0 Å². The third kappa shape index (κ3) is 1.74. The summed E-state index contributed by atoms with van der Waals surface area (Å²) in [6.07, 6.45) is 10.3. The van der Waals surface area contributed by atoms with Gasteiger partial charge in [0.1, 0.15) is 0 Å². The van der Waals surface area contributed by atoms with Gasteiger partial charge in [-0.3, -0.25) is 0 Å². The Morgan fingerprint density at radius 2 is 1.18 bits per heavy atom. The molecule has 0 aromatic heterocycles. The van der Waals surface area contributed by atoms with E-state index in [9.17, 15) is 0 Å². The lowest BCUT2D eigenvalue weighted by Crippen LogP contribution is -1.82. The Balaban J connectivity index is 1.83. The minimum Gasteiger partial charge on any atom is -0.175 e. The molecule has 0 spiro atoms. The van der Waals surface area contributed by atoms with Crippen LogP contribution >= 0.6 is 12.6 Å². The number of hydrogen-bond acceptors (Lipinski definition) is 1. The maximum absolute atomic E-state index is 4.60. The van der Waals surface area contributed by atoms with Gasteiger partial charge in [0.2, 0.25) is 0 Å². The second kappa shape index (κ2) is 3.38. The molecule has 0 amide bonds. The van der Waals surface area contributed by atoms with E-state index in [1.807, 2.05) is 0 Å². The molecule has 2 unspecified atom stereocenters. The maximum atomic E-state index is 4.60. The van der Waals surface area contributed by atoms with Crippen LogP contribution in [0.5, 0.6) is 0 Å². The smallest absolute Gasteiger partial charge is 0.00794 e. The third-order valence-electron chi connectivity index (χ3n) is 3.36. The molecule has 0 saturated heterocycles. The molecular weight excluding hydrogens is 152 g/mol. The molecule has 0 bridgehead atoms. The average molecular weight is 170 g/mol. The molecule has 1 heteroatoms. The molecule has 11 heavy (non-hydrogen) atoms. The lowest BCUT2D eigenvalue weighted by atomic mass is 10.1. The summed E-state index contributed by atoms with van der Waals surface area (Å²) in [5.74, 6) is 2.02. The molecule has 2 rings (SSSR count). The Morgan fingerprint density at radius 3 is 1.73 bits per heavy atom. The van der Waals surface area contributed by atoms with Gasteiger partial charge >= 0.3 is 0 Å². The first-order chi connectivity index (χ1) is 5.39. The van der Waals surface area contributed by atoms with Crippen LogP contribution in [-0.2, 0) is 0 Å². The van der Waals surface area contributed by atoms with Crippen LogP contribution in [0.1, 0.15) is 44.9 Å². The monoisotopic (exact) mass is 170 g/mol. The normalized spacial score (nSPS) is 45.0. The van der Waals surface area contributed by atoms with Gasteiger partial charge in [-0.15, -0.1) is 0 Å². The van der Waals surface area contributed by atoms with Crippen LogP contribution in [-0.4, -0.2) is 5.25 Å². The zero-order chi connectivity index (χ0) is 7.68. The van der Waals surface area contributed by atoms with E-state index >= 15 is 0 Å². The molecule has 0 aromatic rings. The molecule has 0 aliphatic heterocycles. The van der Waals surface area contributed by atoms with Gasteiger partial charge in [0.05, 0.1) is 0 Å². The standard InChI is InChI=1S/C10H18S/c11-10-8-6-4-2-1-3-5-7-9(8)10/h8-11H,1-7H2. The van der Waals surface area contributed by atoms with Gasteiger partial charge in [0, 0.05) is 5.25 Å². The zero-order valence-corrected chi connectivity index (χ0v) is 8.02. The second-order valence-electron chi connectivity index (χ2n) is 4.16. The molecule has 0 N–H and O–H groups in total. The summed E-state index contributed by atoms with van der Waals surface area (Å²) < 4.78 is 0. The predicted octanol–water partition coefficient (Wildman–Crippen LogP) is 3.28. The van der Waals surface area contributed by atoms with E-state index in [0.29, 0.717) is 0 Å². The summed E-state index contributed by atoms with van der Waals surface area (Å²) in [4.78, 5) is 0. The highest BCUT2D eigenvalue weighted by Gasteiger charge is 2.45. The average Bonchev–Trinajstić information content (AvgIpc) is 2.63. The van der Waals surface area contributed by atoms with Crippen LogP contribution in [0, 0.1) is 11.8 Å². The molecule has 2 fully saturated rings. The fraction of sp³-hybridized carbons (Fsp3) is 1.00. The number of hydrogen-bond donors (Lipinski definition) is 1. The van der Waals surface area contributed by atoms with Crippen molar-refractivity contribution in [2.24, 2.45) is 11.8 Å². The Bertz CT molecular complexity index is 119. The van der Waals surface area contributed by atoms with Crippen LogP contribution in [0.4, 0.5) is 0 Å². The molecule has 2 atom stereocenters. The van der Waals surface area contributed by atoms with Gasteiger partial charge in [0.15, 0.2) is 0 Å². The lowest BCUT2D eigenvalue weighted by Gasteiger charge is -1.97. The fourth-order valence-electron chi connectivity index (χ4n) is 2.48. The molecule has 0 heterocycles. The van der Waals surface area contributed by atoms with Crippen molar-refractivity contribution in [3.05, 3.63) is 0 Å². The van der Waals surface area contributed by atoms with E-state index in [-0.39, 0.29) is 0 Å². The molecule has 0 nitrogen and oxygen atoms in total. The first-order valence-corrected chi connectivity index (χ1v) is 5.59. The van der Waals surface area contributed by atoms with Crippen molar-refractivity contribution in [1.29, 1.82) is 0 Å². The predicted molar refractivity (Wildman–Crippen MR) is 52.1 cm³/mol. The molecule has 0 radical (unpaired) electrons. The molecular formula is C10H18S. The summed E-state index contributed by atoms with van der Waals surface area (Å²) in [7, 11) is 0. The van der Waals surface area contributed by atoms with E-state index in [4.69, 9.17) is 0 Å². The molecule has 0 aromatic carbocycles. The van der Waals surface area contributed by atoms with Gasteiger partial charge in [-0.1, -0.05) is 32.1 Å². The van der Waals surface area contributed by atoms with Crippen molar-refractivity contribution in [3.8, 4) is 0 Å². The topological polar surface area (TPSA) is 0 Å². The van der Waals surface area contributed by atoms with Crippen molar-refractivity contribution >= 4 is 12.6 Å². The first kappa shape index (κ1) is 7.97. The van der Waals surface area contributed by atoms with E-state index in [0.717, 1.165) is 17.1 Å². The largest absolute Gasteiger partial charge is 0.175 e. The van der Waals surface area contributed by atoms with Gasteiger partial charge in [0.25, 0.3) is 0 Å². The van der Waals surface area contributed by atoms with Crippen molar-refractivity contribution in [2.75, 3.05) is 0 Å². The summed E-state index contributed by atoms with van der Waals surface area (Å²) in [5.41, 5.74) is 0. The minimum absolute atomic E-state index is 0.785. The summed E-state index contributed by atoms with van der Waals surface area (Å²) >= 11 is 4.60. The highest BCUT2D eigenvalue weighted by Crippen LogP contribution is 2.50. The SMILES string of the molecule is SC1C2CCCCCCCC12. The lowest BCUT2D eigenvalue weighted by molar-refractivity contribution is 0.593. The number of fused-ring (bicyclic) bond motifs is 1. The van der Waals surface area contributed by atoms with Crippen molar-refractivity contribution in [2.45, 2.75) is 50.2 Å². The Kier molecular flexibility index (Phi) is 2.45. The number of thiol groups is 1. The van der Waals surface area contributed by atoms with Crippen LogP contribution in [0.2, 0.25) is 0 Å². The summed E-state index contributed by atoms with van der Waals surface area (Å²) in [5, 5.41) is 0.785. The molecule has 2 aliphatic carbocycles. The van der Waals surface area contributed by atoms with Crippen LogP contribution in [0.3, 0.4) is 0 Å². The van der Waals surface area contributed by atoms with Crippen molar-refractivity contribution in [3.63, 3.8) is 0 Å². The van der Waals surface area contributed by atoms with E-state index < -0.39 is 0 Å². The molecule has 2 saturated carbocycles. The van der Waals surface area contributed by atoms with Crippen LogP contribution in [0.25, 0.3) is 0 Å². The Labute approximate surface area is 75.2 Å². The maximum Gasteiger partial charge on any atom is 0.00794 e. The quantitative estimate of drug-likeness (QED) is 0.530. The highest BCUT2D eigenvalue weighted by molar-refractivity contribution is 7.81. The van der Waals surface area contributed by atoms with E-state index in [1.54, 1.807) is 0 Å². The second-order valence-corrected chi connectivity index (χ2v) is 4.76. The van der Waals surface area contributed by atoms with E-state index in [2.05, 4.69) is 12.6 Å².